The van der Waals surface area contributed by atoms with Crippen molar-refractivity contribution in [1.82, 2.24) is 15.3 Å². The van der Waals surface area contributed by atoms with Crippen LogP contribution in [0.15, 0.2) is 18.2 Å². The molecule has 7 nitrogen and oxygen atoms in total. The number of benzene rings is 1. The molecule has 2 N–H and O–H groups in total. The van der Waals surface area contributed by atoms with Gasteiger partial charge in [-0.05, 0) is 37.0 Å². The number of carbonyl (C=O) groups excluding carboxylic acids is 2. The molecule has 1 aliphatic rings. The van der Waals surface area contributed by atoms with E-state index in [9.17, 15) is 9.59 Å². The van der Waals surface area contributed by atoms with E-state index in [-0.39, 0.29) is 6.54 Å². The quantitative estimate of drug-likeness (QED) is 0.824. The fourth-order valence-electron chi connectivity index (χ4n) is 2.08. The topological polar surface area (TPSA) is 93.3 Å². The van der Waals surface area contributed by atoms with E-state index in [1.807, 2.05) is 0 Å². The van der Waals surface area contributed by atoms with Gasteiger partial charge in [-0.15, -0.1) is 0 Å². The number of fused-ring (bicyclic) bond motifs is 1. The van der Waals surface area contributed by atoms with Crippen LogP contribution >= 0.6 is 0 Å². The lowest BCUT2D eigenvalue weighted by molar-refractivity contribution is 0.0601. The number of aromatic amines is 1. The van der Waals surface area contributed by atoms with E-state index < -0.39 is 12.1 Å². The molecule has 0 bridgehead atoms. The van der Waals surface area contributed by atoms with Gasteiger partial charge in [-0.1, -0.05) is 0 Å². The first kappa shape index (κ1) is 14.4. The molecule has 0 atom stereocenters. The second-order valence-corrected chi connectivity index (χ2v) is 5.30. The van der Waals surface area contributed by atoms with Crippen LogP contribution in [0.3, 0.4) is 0 Å². The van der Waals surface area contributed by atoms with Gasteiger partial charge in [0.2, 0.25) is 0 Å². The number of esters is 1. The molecule has 2 aromatic rings. The average molecular weight is 303 g/mol. The number of imidazole rings is 1. The van der Waals surface area contributed by atoms with Crippen LogP contribution in [0.25, 0.3) is 11.0 Å². The van der Waals surface area contributed by atoms with Crippen molar-refractivity contribution in [2.45, 2.75) is 19.4 Å². The fourth-order valence-corrected chi connectivity index (χ4v) is 2.08. The average Bonchev–Trinajstić information content (AvgIpc) is 3.27. The fraction of sp³-hybridized carbons (Fsp3) is 0.400. The Morgan fingerprint density at radius 2 is 2.23 bits per heavy atom. The van der Waals surface area contributed by atoms with Gasteiger partial charge in [0.15, 0.2) is 0 Å². The largest absolute Gasteiger partial charge is 0.465 e. The van der Waals surface area contributed by atoms with E-state index in [2.05, 4.69) is 20.0 Å². The highest BCUT2D eigenvalue weighted by Crippen LogP contribution is 2.28. The van der Waals surface area contributed by atoms with E-state index in [0.717, 1.165) is 18.4 Å². The maximum absolute atomic E-state index is 11.5. The first-order chi connectivity index (χ1) is 10.7. The normalized spacial score (nSPS) is 13.9. The number of methoxy groups -OCH3 is 1. The Kier molecular flexibility index (Phi) is 3.95. The molecular weight excluding hydrogens is 286 g/mol. The van der Waals surface area contributed by atoms with Crippen LogP contribution in [-0.4, -0.2) is 35.7 Å². The number of hydrogen-bond acceptors (Lipinski definition) is 5. The lowest BCUT2D eigenvalue weighted by atomic mass is 10.2. The van der Waals surface area contributed by atoms with Crippen LogP contribution in [0, 0.1) is 5.92 Å². The number of ether oxygens (including phenoxy) is 2. The van der Waals surface area contributed by atoms with Gasteiger partial charge in [-0.3, -0.25) is 0 Å². The van der Waals surface area contributed by atoms with Crippen molar-refractivity contribution in [2.75, 3.05) is 13.7 Å². The summed E-state index contributed by atoms with van der Waals surface area (Å²) in [5.41, 5.74) is 1.88. The number of nitrogens with one attached hydrogen (secondary N) is 2. The predicted octanol–water partition coefficient (Wildman–Crippen LogP) is 1.99. The molecule has 22 heavy (non-hydrogen) atoms. The molecule has 1 fully saturated rings. The zero-order valence-electron chi connectivity index (χ0n) is 12.2. The van der Waals surface area contributed by atoms with Crippen LogP contribution in [0.1, 0.15) is 29.0 Å². The molecule has 0 radical (unpaired) electrons. The number of aromatic nitrogens is 2. The summed E-state index contributed by atoms with van der Waals surface area (Å²) in [5, 5.41) is 2.65. The molecule has 0 unspecified atom stereocenters. The maximum Gasteiger partial charge on any atom is 0.407 e. The highest BCUT2D eigenvalue weighted by atomic mass is 16.5. The van der Waals surface area contributed by atoms with E-state index in [4.69, 9.17) is 4.74 Å². The van der Waals surface area contributed by atoms with E-state index in [0.29, 0.717) is 29.4 Å². The SMILES string of the molecule is COC(=O)c1ccc2nc(CNC(=O)OCC3CC3)[nH]c2c1. The summed E-state index contributed by atoms with van der Waals surface area (Å²) in [6, 6.07) is 5.05. The third-order valence-corrected chi connectivity index (χ3v) is 3.50. The number of amides is 1. The number of alkyl carbamates (subject to hydrolysis) is 1. The summed E-state index contributed by atoms with van der Waals surface area (Å²) >= 11 is 0. The summed E-state index contributed by atoms with van der Waals surface area (Å²) in [6.45, 7) is 0.722. The van der Waals surface area contributed by atoms with Crippen molar-refractivity contribution >= 4 is 23.1 Å². The van der Waals surface area contributed by atoms with E-state index in [1.165, 1.54) is 7.11 Å². The van der Waals surface area contributed by atoms with Crippen LogP contribution in [0.4, 0.5) is 4.79 Å². The summed E-state index contributed by atoms with van der Waals surface area (Å²) in [4.78, 5) is 30.4. The summed E-state index contributed by atoms with van der Waals surface area (Å²) < 4.78 is 9.75. The van der Waals surface area contributed by atoms with Crippen molar-refractivity contribution in [1.29, 1.82) is 0 Å². The Morgan fingerprint density at radius 1 is 1.41 bits per heavy atom. The Labute approximate surface area is 127 Å². The second-order valence-electron chi connectivity index (χ2n) is 5.30. The van der Waals surface area contributed by atoms with Crippen LogP contribution in [0.5, 0.6) is 0 Å². The zero-order valence-corrected chi connectivity index (χ0v) is 12.2. The summed E-state index contributed by atoms with van der Waals surface area (Å²) in [7, 11) is 1.34. The van der Waals surface area contributed by atoms with Crippen molar-refractivity contribution in [3.63, 3.8) is 0 Å². The van der Waals surface area contributed by atoms with Crippen LogP contribution in [0.2, 0.25) is 0 Å². The van der Waals surface area contributed by atoms with Gasteiger partial charge in [0.05, 0.1) is 36.9 Å². The number of rotatable bonds is 5. The molecule has 0 saturated heterocycles. The monoisotopic (exact) mass is 303 g/mol. The summed E-state index contributed by atoms with van der Waals surface area (Å²) in [5.74, 6) is 0.730. The molecule has 1 saturated carbocycles. The minimum atomic E-state index is -0.442. The molecule has 3 rings (SSSR count). The van der Waals surface area contributed by atoms with Gasteiger partial charge in [-0.25, -0.2) is 14.6 Å². The lowest BCUT2D eigenvalue weighted by Gasteiger charge is -2.04. The van der Waals surface area contributed by atoms with Crippen molar-refractivity contribution in [3.05, 3.63) is 29.6 Å². The number of carbonyl (C=O) groups is 2. The Morgan fingerprint density at radius 3 is 2.95 bits per heavy atom. The Bertz CT molecular complexity index is 706. The molecule has 1 aromatic carbocycles. The van der Waals surface area contributed by atoms with Gasteiger partial charge in [-0.2, -0.15) is 0 Å². The molecule has 0 aliphatic heterocycles. The molecule has 116 valence electrons. The van der Waals surface area contributed by atoms with Crippen molar-refractivity contribution in [2.24, 2.45) is 5.92 Å². The Balaban J connectivity index is 1.61. The zero-order chi connectivity index (χ0) is 15.5. The molecule has 1 amide bonds. The number of H-pyrrole nitrogens is 1. The van der Waals surface area contributed by atoms with Crippen LogP contribution in [-0.2, 0) is 16.0 Å². The van der Waals surface area contributed by atoms with E-state index in [1.54, 1.807) is 18.2 Å². The summed E-state index contributed by atoms with van der Waals surface area (Å²) in [6.07, 6.45) is 1.83. The number of hydrogen-bond donors (Lipinski definition) is 2. The van der Waals surface area contributed by atoms with Gasteiger partial charge >= 0.3 is 12.1 Å². The minimum absolute atomic E-state index is 0.242. The van der Waals surface area contributed by atoms with Gasteiger partial charge in [0, 0.05) is 0 Å². The second kappa shape index (κ2) is 6.05. The van der Waals surface area contributed by atoms with Crippen molar-refractivity contribution in [3.8, 4) is 0 Å². The first-order valence-corrected chi connectivity index (χ1v) is 7.13. The smallest absolute Gasteiger partial charge is 0.407 e. The third kappa shape index (κ3) is 3.36. The predicted molar refractivity (Wildman–Crippen MR) is 78.3 cm³/mol. The maximum atomic E-state index is 11.5. The molecule has 7 heteroatoms. The minimum Gasteiger partial charge on any atom is -0.465 e. The molecule has 1 aromatic heterocycles. The molecule has 0 spiro atoms. The Hall–Kier alpha value is -2.57. The highest BCUT2D eigenvalue weighted by Gasteiger charge is 2.23. The molecule has 1 aliphatic carbocycles. The molecular formula is C15H17N3O4. The lowest BCUT2D eigenvalue weighted by Crippen LogP contribution is -2.25. The van der Waals surface area contributed by atoms with Crippen molar-refractivity contribution < 1.29 is 19.1 Å². The van der Waals surface area contributed by atoms with E-state index >= 15 is 0 Å². The van der Waals surface area contributed by atoms with Gasteiger partial charge in [0.1, 0.15) is 5.82 Å². The number of nitrogens with zero attached hydrogens (tertiary/aromatic N) is 1. The third-order valence-electron chi connectivity index (χ3n) is 3.50. The van der Waals surface area contributed by atoms with Gasteiger partial charge in [0.25, 0.3) is 0 Å². The first-order valence-electron chi connectivity index (χ1n) is 7.13. The molecule has 1 heterocycles. The van der Waals surface area contributed by atoms with Gasteiger partial charge < -0.3 is 19.8 Å². The standard InChI is InChI=1S/C15H17N3O4/c1-21-14(19)10-4-5-11-12(6-10)18-13(17-11)7-16-15(20)22-8-9-2-3-9/h4-6,9H,2-3,7-8H2,1H3,(H,16,20)(H,17,18). The highest BCUT2D eigenvalue weighted by molar-refractivity contribution is 5.93. The van der Waals surface area contributed by atoms with Crippen LogP contribution < -0.4 is 5.32 Å².